The molecule has 200 valence electrons. The fourth-order valence-corrected chi connectivity index (χ4v) is 4.94. The quantitative estimate of drug-likeness (QED) is 0.546. The molecular formula is C26H30F4N4O3. The van der Waals surface area contributed by atoms with Gasteiger partial charge in [-0.15, -0.1) is 0 Å². The van der Waals surface area contributed by atoms with Gasteiger partial charge in [0.1, 0.15) is 11.6 Å². The molecule has 2 fully saturated rings. The standard InChI is InChI=1S/C26H30F4N4O3/c1-37-21-5-3-19(4-6-21)33-12-9-20(10-13-33)34-11-8-18(16-34)32-24(35)15-31-25(36)17-2-7-23(27)22(14-17)26(28,29)30/h2-7,14,18,20H,8-13,15-16H2,1H3,(H,31,36)(H,32,35)/t18-/m1/s1. The summed E-state index contributed by atoms with van der Waals surface area (Å²) in [4.78, 5) is 29.3. The van der Waals surface area contributed by atoms with Crippen LogP contribution in [0.1, 0.15) is 35.2 Å². The number of alkyl halides is 3. The lowest BCUT2D eigenvalue weighted by Gasteiger charge is -2.38. The predicted octanol–water partition coefficient (Wildman–Crippen LogP) is 3.44. The molecule has 2 heterocycles. The van der Waals surface area contributed by atoms with Crippen LogP contribution < -0.4 is 20.3 Å². The van der Waals surface area contributed by atoms with Crippen molar-refractivity contribution in [3.8, 4) is 5.75 Å². The third-order valence-corrected chi connectivity index (χ3v) is 6.95. The zero-order valence-corrected chi connectivity index (χ0v) is 20.5. The molecule has 0 unspecified atom stereocenters. The van der Waals surface area contributed by atoms with Crippen molar-refractivity contribution in [2.75, 3.05) is 44.7 Å². The highest BCUT2D eigenvalue weighted by molar-refractivity contribution is 5.96. The Morgan fingerprint density at radius 3 is 2.38 bits per heavy atom. The van der Waals surface area contributed by atoms with Crippen molar-refractivity contribution in [2.45, 2.75) is 37.5 Å². The molecule has 0 spiro atoms. The predicted molar refractivity (Wildman–Crippen MR) is 130 cm³/mol. The fraction of sp³-hybridized carbons (Fsp3) is 0.462. The van der Waals surface area contributed by atoms with Gasteiger partial charge in [-0.1, -0.05) is 0 Å². The number of methoxy groups -OCH3 is 1. The highest BCUT2D eigenvalue weighted by atomic mass is 19.4. The molecule has 0 aliphatic carbocycles. The SMILES string of the molecule is COc1ccc(N2CCC(N3CC[C@@H](NC(=O)CNC(=O)c4ccc(F)c(C(F)(F)F)c4)C3)CC2)cc1. The summed E-state index contributed by atoms with van der Waals surface area (Å²) in [5.74, 6) is -1.93. The summed E-state index contributed by atoms with van der Waals surface area (Å²) in [6.07, 6.45) is -2.11. The number of ether oxygens (including phenoxy) is 1. The lowest BCUT2D eigenvalue weighted by molar-refractivity contribution is -0.140. The number of nitrogens with zero attached hydrogens (tertiary/aromatic N) is 2. The molecule has 2 amide bonds. The van der Waals surface area contributed by atoms with E-state index in [0.29, 0.717) is 24.7 Å². The van der Waals surface area contributed by atoms with Crippen molar-refractivity contribution in [1.82, 2.24) is 15.5 Å². The number of nitrogens with one attached hydrogen (secondary N) is 2. The van der Waals surface area contributed by atoms with Crippen LogP contribution in [-0.2, 0) is 11.0 Å². The maximum Gasteiger partial charge on any atom is 0.419 e. The Hall–Kier alpha value is -3.34. The highest BCUT2D eigenvalue weighted by Gasteiger charge is 2.35. The molecule has 2 aromatic carbocycles. The third kappa shape index (κ3) is 6.71. The van der Waals surface area contributed by atoms with E-state index in [4.69, 9.17) is 4.74 Å². The summed E-state index contributed by atoms with van der Waals surface area (Å²) in [5.41, 5.74) is -0.719. The number of carbonyl (C=O) groups excluding carboxylic acids is 2. The molecule has 2 N–H and O–H groups in total. The van der Waals surface area contributed by atoms with E-state index in [1.807, 2.05) is 12.1 Å². The first-order chi connectivity index (χ1) is 17.6. The second-order valence-electron chi connectivity index (χ2n) is 9.34. The topological polar surface area (TPSA) is 73.9 Å². The molecule has 0 bridgehead atoms. The van der Waals surface area contributed by atoms with Crippen LogP contribution in [-0.4, -0.2) is 68.6 Å². The molecule has 0 radical (unpaired) electrons. The normalized spacial score (nSPS) is 19.1. The van der Waals surface area contributed by atoms with E-state index < -0.39 is 29.4 Å². The van der Waals surface area contributed by atoms with Gasteiger partial charge in [-0.05, 0) is 61.7 Å². The van der Waals surface area contributed by atoms with E-state index in [1.54, 1.807) is 7.11 Å². The number of hydrogen-bond donors (Lipinski definition) is 2. The van der Waals surface area contributed by atoms with Crippen LogP contribution in [0.25, 0.3) is 0 Å². The molecule has 4 rings (SSSR count). The molecule has 11 heteroatoms. The average molecular weight is 523 g/mol. The van der Waals surface area contributed by atoms with Crippen LogP contribution >= 0.6 is 0 Å². The van der Waals surface area contributed by atoms with Crippen molar-refractivity contribution in [3.63, 3.8) is 0 Å². The van der Waals surface area contributed by atoms with Crippen molar-refractivity contribution >= 4 is 17.5 Å². The van der Waals surface area contributed by atoms with Gasteiger partial charge in [0.2, 0.25) is 5.91 Å². The number of carbonyl (C=O) groups is 2. The summed E-state index contributed by atoms with van der Waals surface area (Å²) in [6, 6.07) is 10.4. The Balaban J connectivity index is 1.20. The van der Waals surface area contributed by atoms with Crippen molar-refractivity contribution < 1.29 is 31.9 Å². The number of piperidine rings is 1. The van der Waals surface area contributed by atoms with Gasteiger partial charge in [-0.25, -0.2) is 4.39 Å². The number of likely N-dealkylation sites (tertiary alicyclic amines) is 1. The molecule has 0 saturated carbocycles. The molecule has 2 saturated heterocycles. The second-order valence-corrected chi connectivity index (χ2v) is 9.34. The minimum atomic E-state index is -4.92. The summed E-state index contributed by atoms with van der Waals surface area (Å²) in [5, 5.41) is 5.19. The molecule has 0 aromatic heterocycles. The number of benzene rings is 2. The Labute approximate surface area is 212 Å². The Bertz CT molecular complexity index is 1100. The lowest BCUT2D eigenvalue weighted by atomic mass is 10.0. The maximum absolute atomic E-state index is 13.4. The first-order valence-corrected chi connectivity index (χ1v) is 12.2. The van der Waals surface area contributed by atoms with Gasteiger partial charge < -0.3 is 20.3 Å². The minimum Gasteiger partial charge on any atom is -0.497 e. The van der Waals surface area contributed by atoms with Crippen LogP contribution in [0.5, 0.6) is 5.75 Å². The molecular weight excluding hydrogens is 492 g/mol. The van der Waals surface area contributed by atoms with Gasteiger partial charge in [-0.3, -0.25) is 14.5 Å². The third-order valence-electron chi connectivity index (χ3n) is 6.95. The van der Waals surface area contributed by atoms with Crippen molar-refractivity contribution in [2.24, 2.45) is 0 Å². The number of hydrogen-bond acceptors (Lipinski definition) is 5. The van der Waals surface area contributed by atoms with Crippen LogP contribution in [0.2, 0.25) is 0 Å². The highest BCUT2D eigenvalue weighted by Crippen LogP contribution is 2.32. The Morgan fingerprint density at radius 2 is 1.73 bits per heavy atom. The number of amides is 2. The first-order valence-electron chi connectivity index (χ1n) is 12.2. The Morgan fingerprint density at radius 1 is 1.03 bits per heavy atom. The van der Waals surface area contributed by atoms with Crippen molar-refractivity contribution in [1.29, 1.82) is 0 Å². The summed E-state index contributed by atoms with van der Waals surface area (Å²) in [7, 11) is 1.65. The molecule has 1 atom stereocenters. The summed E-state index contributed by atoms with van der Waals surface area (Å²) >= 11 is 0. The average Bonchev–Trinajstić information content (AvgIpc) is 3.35. The van der Waals surface area contributed by atoms with Gasteiger partial charge in [0.25, 0.3) is 5.91 Å². The second kappa shape index (κ2) is 11.4. The first kappa shape index (κ1) is 26.7. The van der Waals surface area contributed by atoms with Gasteiger partial charge in [0.15, 0.2) is 0 Å². The smallest absolute Gasteiger partial charge is 0.419 e. The van der Waals surface area contributed by atoms with Crippen LogP contribution in [0.15, 0.2) is 42.5 Å². The zero-order chi connectivity index (χ0) is 26.6. The van der Waals surface area contributed by atoms with Gasteiger partial charge in [0.05, 0.1) is 19.2 Å². The zero-order valence-electron chi connectivity index (χ0n) is 20.5. The molecule has 2 aromatic rings. The monoisotopic (exact) mass is 522 g/mol. The molecule has 2 aliphatic rings. The van der Waals surface area contributed by atoms with E-state index in [-0.39, 0.29) is 18.2 Å². The molecule has 2 aliphatic heterocycles. The Kier molecular flexibility index (Phi) is 8.21. The van der Waals surface area contributed by atoms with E-state index >= 15 is 0 Å². The van der Waals surface area contributed by atoms with E-state index in [2.05, 4.69) is 32.6 Å². The fourth-order valence-electron chi connectivity index (χ4n) is 4.94. The summed E-state index contributed by atoms with van der Waals surface area (Å²) < 4.78 is 57.3. The van der Waals surface area contributed by atoms with Gasteiger partial charge >= 0.3 is 6.18 Å². The molecule has 7 nitrogen and oxygen atoms in total. The number of rotatable bonds is 7. The van der Waals surface area contributed by atoms with E-state index in [9.17, 15) is 27.2 Å². The van der Waals surface area contributed by atoms with Gasteiger partial charge in [0, 0.05) is 49.5 Å². The van der Waals surface area contributed by atoms with Crippen LogP contribution in [0, 0.1) is 5.82 Å². The molecule has 37 heavy (non-hydrogen) atoms. The maximum atomic E-state index is 13.4. The van der Waals surface area contributed by atoms with E-state index in [0.717, 1.165) is 50.7 Å². The van der Waals surface area contributed by atoms with Crippen LogP contribution in [0.3, 0.4) is 0 Å². The summed E-state index contributed by atoms with van der Waals surface area (Å²) in [6.45, 7) is 3.07. The lowest BCUT2D eigenvalue weighted by Crippen LogP contribution is -2.46. The largest absolute Gasteiger partial charge is 0.497 e. The van der Waals surface area contributed by atoms with Gasteiger partial charge in [-0.2, -0.15) is 13.2 Å². The minimum absolute atomic E-state index is 0.0633. The van der Waals surface area contributed by atoms with Crippen LogP contribution in [0.4, 0.5) is 23.2 Å². The number of anilines is 1. The van der Waals surface area contributed by atoms with Crippen molar-refractivity contribution in [3.05, 3.63) is 59.4 Å². The van der Waals surface area contributed by atoms with E-state index in [1.165, 1.54) is 5.69 Å². The number of halogens is 4.